The van der Waals surface area contributed by atoms with E-state index in [9.17, 15) is 5.11 Å². The van der Waals surface area contributed by atoms with E-state index < -0.39 is 0 Å². The second kappa shape index (κ2) is 7.03. The van der Waals surface area contributed by atoms with Gasteiger partial charge in [-0.25, -0.2) is 9.97 Å². The van der Waals surface area contributed by atoms with Gasteiger partial charge in [0.05, 0.1) is 6.10 Å². The first-order valence-electron chi connectivity index (χ1n) is 8.66. The van der Waals surface area contributed by atoms with Gasteiger partial charge in [-0.3, -0.25) is 0 Å². The average molecular weight is 331 g/mol. The molecule has 4 rings (SSSR count). The Morgan fingerprint density at radius 2 is 1.72 bits per heavy atom. The van der Waals surface area contributed by atoms with E-state index in [0.29, 0.717) is 12.5 Å². The summed E-state index contributed by atoms with van der Waals surface area (Å²) in [6.45, 7) is 0.713. The van der Waals surface area contributed by atoms with Crippen molar-refractivity contribution in [3.8, 4) is 11.1 Å². The molecule has 126 valence electrons. The van der Waals surface area contributed by atoms with Gasteiger partial charge in [0, 0.05) is 24.2 Å². The van der Waals surface area contributed by atoms with Crippen LogP contribution in [0.2, 0.25) is 0 Å². The molecule has 1 aliphatic carbocycles. The number of aliphatic hydroxyl groups excluding tert-OH is 1. The van der Waals surface area contributed by atoms with Gasteiger partial charge < -0.3 is 10.4 Å². The summed E-state index contributed by atoms with van der Waals surface area (Å²) in [6.07, 6.45) is 3.03. The SMILES string of the molecule is OC1CC(c2cc(NCc3cccc(-c4ccccc4)c3)ncn2)C1. The second-order valence-electron chi connectivity index (χ2n) is 6.57. The molecule has 0 amide bonds. The van der Waals surface area contributed by atoms with Crippen LogP contribution in [0.3, 0.4) is 0 Å². The zero-order valence-corrected chi connectivity index (χ0v) is 14.0. The molecule has 0 atom stereocenters. The van der Waals surface area contributed by atoms with Crippen LogP contribution in [-0.4, -0.2) is 21.2 Å². The van der Waals surface area contributed by atoms with E-state index in [2.05, 4.69) is 63.8 Å². The van der Waals surface area contributed by atoms with E-state index in [-0.39, 0.29) is 6.10 Å². The zero-order chi connectivity index (χ0) is 17.1. The summed E-state index contributed by atoms with van der Waals surface area (Å²) < 4.78 is 0. The van der Waals surface area contributed by atoms with E-state index in [0.717, 1.165) is 24.4 Å². The molecule has 25 heavy (non-hydrogen) atoms. The third-order valence-electron chi connectivity index (χ3n) is 4.73. The molecule has 1 aromatic heterocycles. The fraction of sp³-hybridized carbons (Fsp3) is 0.238. The number of rotatable bonds is 5. The smallest absolute Gasteiger partial charge is 0.129 e. The van der Waals surface area contributed by atoms with E-state index >= 15 is 0 Å². The van der Waals surface area contributed by atoms with E-state index in [4.69, 9.17) is 0 Å². The van der Waals surface area contributed by atoms with Gasteiger partial charge in [0.15, 0.2) is 0 Å². The molecular weight excluding hydrogens is 310 g/mol. The summed E-state index contributed by atoms with van der Waals surface area (Å²) in [7, 11) is 0. The number of aromatic nitrogens is 2. The third kappa shape index (κ3) is 3.69. The minimum Gasteiger partial charge on any atom is -0.393 e. The monoisotopic (exact) mass is 331 g/mol. The Hall–Kier alpha value is -2.72. The maximum Gasteiger partial charge on any atom is 0.129 e. The zero-order valence-electron chi connectivity index (χ0n) is 14.0. The molecule has 1 heterocycles. The minimum atomic E-state index is -0.169. The van der Waals surface area contributed by atoms with Crippen molar-refractivity contribution in [2.24, 2.45) is 0 Å². The lowest BCUT2D eigenvalue weighted by Gasteiger charge is -2.30. The molecule has 4 heteroatoms. The van der Waals surface area contributed by atoms with Gasteiger partial charge >= 0.3 is 0 Å². The lowest BCUT2D eigenvalue weighted by atomic mass is 9.80. The highest BCUT2D eigenvalue weighted by atomic mass is 16.3. The molecule has 0 bridgehead atoms. The fourth-order valence-corrected chi connectivity index (χ4v) is 3.21. The molecule has 4 nitrogen and oxygen atoms in total. The number of benzene rings is 2. The number of nitrogens with one attached hydrogen (secondary N) is 1. The number of hydrogen-bond donors (Lipinski definition) is 2. The average Bonchev–Trinajstić information content (AvgIpc) is 2.65. The highest BCUT2D eigenvalue weighted by molar-refractivity contribution is 5.64. The molecule has 2 N–H and O–H groups in total. The van der Waals surface area contributed by atoms with E-state index in [1.54, 1.807) is 6.33 Å². The Bertz CT molecular complexity index is 845. The van der Waals surface area contributed by atoms with Crippen LogP contribution in [0.25, 0.3) is 11.1 Å². The number of anilines is 1. The van der Waals surface area contributed by atoms with Gasteiger partial charge in [-0.2, -0.15) is 0 Å². The van der Waals surface area contributed by atoms with Crippen molar-refractivity contribution in [1.29, 1.82) is 0 Å². The van der Waals surface area contributed by atoms with Gasteiger partial charge in [-0.05, 0) is 35.6 Å². The summed E-state index contributed by atoms with van der Waals surface area (Å²) >= 11 is 0. The van der Waals surface area contributed by atoms with Gasteiger partial charge in [0.1, 0.15) is 12.1 Å². The van der Waals surface area contributed by atoms with Gasteiger partial charge in [0.2, 0.25) is 0 Å². The van der Waals surface area contributed by atoms with Crippen LogP contribution >= 0.6 is 0 Å². The Morgan fingerprint density at radius 1 is 0.920 bits per heavy atom. The lowest BCUT2D eigenvalue weighted by Crippen LogP contribution is -2.27. The second-order valence-corrected chi connectivity index (χ2v) is 6.57. The molecular formula is C21H21N3O. The van der Waals surface area contributed by atoms with Crippen LogP contribution < -0.4 is 5.32 Å². The van der Waals surface area contributed by atoms with Gasteiger partial charge in [0.25, 0.3) is 0 Å². The Kier molecular flexibility index (Phi) is 4.44. The third-order valence-corrected chi connectivity index (χ3v) is 4.73. The van der Waals surface area contributed by atoms with Crippen molar-refractivity contribution in [1.82, 2.24) is 9.97 Å². The summed E-state index contributed by atoms with van der Waals surface area (Å²) in [5.74, 6) is 1.19. The largest absolute Gasteiger partial charge is 0.393 e. The molecule has 0 radical (unpaired) electrons. The van der Waals surface area contributed by atoms with E-state index in [1.807, 2.05) is 12.1 Å². The van der Waals surface area contributed by atoms with Crippen LogP contribution in [0, 0.1) is 0 Å². The molecule has 1 saturated carbocycles. The summed E-state index contributed by atoms with van der Waals surface area (Å²) in [6, 6.07) is 20.9. The molecule has 0 aliphatic heterocycles. The predicted octanol–water partition coefficient (Wildman–Crippen LogP) is 3.99. The molecule has 0 saturated heterocycles. The van der Waals surface area contributed by atoms with Gasteiger partial charge in [-0.15, -0.1) is 0 Å². The normalized spacial score (nSPS) is 19.2. The van der Waals surface area contributed by atoms with Crippen molar-refractivity contribution in [2.75, 3.05) is 5.32 Å². The molecule has 2 aromatic carbocycles. The van der Waals surface area contributed by atoms with Crippen LogP contribution in [-0.2, 0) is 6.54 Å². The Balaban J connectivity index is 1.44. The minimum absolute atomic E-state index is 0.169. The summed E-state index contributed by atoms with van der Waals surface area (Å²) in [5, 5.41) is 12.8. The quantitative estimate of drug-likeness (QED) is 0.742. The molecule has 1 aliphatic rings. The molecule has 0 spiro atoms. The van der Waals surface area contributed by atoms with Crippen LogP contribution in [0.4, 0.5) is 5.82 Å². The summed E-state index contributed by atoms with van der Waals surface area (Å²) in [5.41, 5.74) is 4.66. The molecule has 0 unspecified atom stereocenters. The van der Waals surface area contributed by atoms with E-state index in [1.165, 1.54) is 16.7 Å². The van der Waals surface area contributed by atoms with Crippen molar-refractivity contribution >= 4 is 5.82 Å². The first-order chi connectivity index (χ1) is 12.3. The Labute approximate surface area is 147 Å². The number of nitrogens with zero attached hydrogens (tertiary/aromatic N) is 2. The van der Waals surface area contributed by atoms with Gasteiger partial charge in [-0.1, -0.05) is 48.5 Å². The number of hydrogen-bond acceptors (Lipinski definition) is 4. The van der Waals surface area contributed by atoms with Crippen LogP contribution in [0.15, 0.2) is 67.0 Å². The van der Waals surface area contributed by atoms with Crippen molar-refractivity contribution in [3.05, 3.63) is 78.2 Å². The first kappa shape index (κ1) is 15.8. The fourth-order valence-electron chi connectivity index (χ4n) is 3.21. The number of aliphatic hydroxyl groups is 1. The predicted molar refractivity (Wildman–Crippen MR) is 99.2 cm³/mol. The lowest BCUT2D eigenvalue weighted by molar-refractivity contribution is 0.0732. The molecule has 3 aromatic rings. The van der Waals surface area contributed by atoms with Crippen LogP contribution in [0.1, 0.15) is 30.0 Å². The van der Waals surface area contributed by atoms with Crippen molar-refractivity contribution in [3.63, 3.8) is 0 Å². The van der Waals surface area contributed by atoms with Crippen LogP contribution in [0.5, 0.6) is 0 Å². The topological polar surface area (TPSA) is 58.0 Å². The highest BCUT2D eigenvalue weighted by Gasteiger charge is 2.29. The van der Waals surface area contributed by atoms with Crippen molar-refractivity contribution < 1.29 is 5.11 Å². The first-order valence-corrected chi connectivity index (χ1v) is 8.66. The Morgan fingerprint density at radius 3 is 2.52 bits per heavy atom. The maximum absolute atomic E-state index is 9.46. The standard InChI is InChI=1S/C21H21N3O/c25-19-10-18(11-19)20-12-21(24-14-23-20)22-13-15-5-4-8-17(9-15)16-6-2-1-3-7-16/h1-9,12,14,18-19,25H,10-11,13H2,(H,22,23,24). The summed E-state index contributed by atoms with van der Waals surface area (Å²) in [4.78, 5) is 8.65. The highest BCUT2D eigenvalue weighted by Crippen LogP contribution is 2.36. The maximum atomic E-state index is 9.46. The molecule has 1 fully saturated rings. The van der Waals surface area contributed by atoms with Crippen molar-refractivity contribution in [2.45, 2.75) is 31.4 Å².